The Labute approximate surface area is 192 Å². The van der Waals surface area contributed by atoms with Gasteiger partial charge >= 0.3 is 0 Å². The second-order valence-electron chi connectivity index (χ2n) is 8.48. The summed E-state index contributed by atoms with van der Waals surface area (Å²) in [7, 11) is 0. The normalized spacial score (nSPS) is 22.1. The molecule has 0 saturated carbocycles. The fraction of sp³-hybridized carbons (Fsp3) is 0.500. The summed E-state index contributed by atoms with van der Waals surface area (Å²) in [6.07, 6.45) is 1.22. The molecule has 2 fully saturated rings. The molecule has 6 nitrogen and oxygen atoms in total. The van der Waals surface area contributed by atoms with E-state index in [-0.39, 0.29) is 6.10 Å². The van der Waals surface area contributed by atoms with Crippen LogP contribution in [0.4, 0.5) is 0 Å². The molecule has 2 saturated heterocycles. The van der Waals surface area contributed by atoms with E-state index in [4.69, 9.17) is 14.5 Å². The van der Waals surface area contributed by atoms with Gasteiger partial charge in [0.15, 0.2) is 5.96 Å². The number of hydrogen-bond donors (Lipinski definition) is 2. The molecule has 2 N–H and O–H groups in total. The van der Waals surface area contributed by atoms with Gasteiger partial charge in [-0.25, -0.2) is 4.99 Å². The van der Waals surface area contributed by atoms with E-state index < -0.39 is 0 Å². The maximum absolute atomic E-state index is 6.05. The minimum atomic E-state index is 0.154. The first kappa shape index (κ1) is 22.8. The van der Waals surface area contributed by atoms with Gasteiger partial charge in [-0.3, -0.25) is 4.90 Å². The van der Waals surface area contributed by atoms with Gasteiger partial charge in [0.05, 0.1) is 25.9 Å². The summed E-state index contributed by atoms with van der Waals surface area (Å²) in [4.78, 5) is 7.36. The molecule has 2 aromatic carbocycles. The molecule has 2 aliphatic heterocycles. The van der Waals surface area contributed by atoms with Gasteiger partial charge in [-0.15, -0.1) is 0 Å². The Morgan fingerprint density at radius 3 is 2.50 bits per heavy atom. The van der Waals surface area contributed by atoms with Gasteiger partial charge in [-0.2, -0.15) is 0 Å². The van der Waals surface area contributed by atoms with Gasteiger partial charge in [0.1, 0.15) is 0 Å². The Kier molecular flexibility index (Phi) is 8.54. The minimum absolute atomic E-state index is 0.154. The summed E-state index contributed by atoms with van der Waals surface area (Å²) in [6, 6.07) is 19.2. The molecule has 2 aliphatic rings. The number of nitrogens with zero attached hydrogens (tertiary/aromatic N) is 2. The predicted molar refractivity (Wildman–Crippen MR) is 129 cm³/mol. The highest BCUT2D eigenvalue weighted by Gasteiger charge is 2.29. The molecule has 32 heavy (non-hydrogen) atoms. The zero-order valence-electron chi connectivity index (χ0n) is 19.1. The van der Waals surface area contributed by atoms with Crippen molar-refractivity contribution in [1.29, 1.82) is 0 Å². The quantitative estimate of drug-likeness (QED) is 0.491. The summed E-state index contributed by atoms with van der Waals surface area (Å²) >= 11 is 0. The third kappa shape index (κ3) is 6.31. The number of hydrogen-bond acceptors (Lipinski definition) is 4. The Morgan fingerprint density at radius 1 is 0.969 bits per heavy atom. The Morgan fingerprint density at radius 2 is 1.72 bits per heavy atom. The minimum Gasteiger partial charge on any atom is -0.379 e. The standard InChI is InChI=1S/C26H36N4O2/c1-2-27-26(29-19-23-12-15-32-25(23)21-8-4-3-5-9-21)28-18-22-10-6-7-11-24(22)20-30-13-16-31-17-14-30/h3-11,23,25H,2,12-20H2,1H3,(H2,27,28,29). The molecule has 0 bridgehead atoms. The van der Waals surface area contributed by atoms with Crippen molar-refractivity contribution >= 4 is 5.96 Å². The molecule has 6 heteroatoms. The van der Waals surface area contributed by atoms with Gasteiger partial charge in [-0.05, 0) is 30.0 Å². The number of aliphatic imine (C=N–C) groups is 1. The van der Waals surface area contributed by atoms with E-state index in [1.54, 1.807) is 0 Å². The number of guanidine groups is 1. The maximum Gasteiger partial charge on any atom is 0.191 e. The van der Waals surface area contributed by atoms with Crippen LogP contribution in [-0.2, 0) is 22.6 Å². The first-order valence-corrected chi connectivity index (χ1v) is 11.9. The second-order valence-corrected chi connectivity index (χ2v) is 8.48. The zero-order valence-corrected chi connectivity index (χ0v) is 19.1. The molecule has 2 heterocycles. The van der Waals surface area contributed by atoms with E-state index in [2.05, 4.69) is 77.1 Å². The average molecular weight is 437 g/mol. The van der Waals surface area contributed by atoms with Crippen molar-refractivity contribution in [2.45, 2.75) is 32.5 Å². The van der Waals surface area contributed by atoms with Crippen LogP contribution < -0.4 is 10.6 Å². The molecule has 0 radical (unpaired) electrons. The molecule has 0 amide bonds. The van der Waals surface area contributed by atoms with Crippen LogP contribution in [0, 0.1) is 5.92 Å². The van der Waals surface area contributed by atoms with E-state index in [0.29, 0.717) is 12.5 Å². The van der Waals surface area contributed by atoms with Crippen LogP contribution in [0.3, 0.4) is 0 Å². The first-order chi connectivity index (χ1) is 15.8. The van der Waals surface area contributed by atoms with E-state index in [1.807, 2.05) is 0 Å². The van der Waals surface area contributed by atoms with Crippen molar-refractivity contribution in [3.8, 4) is 0 Å². The molecule has 4 rings (SSSR count). The van der Waals surface area contributed by atoms with E-state index in [0.717, 1.165) is 64.9 Å². The van der Waals surface area contributed by atoms with Crippen LogP contribution >= 0.6 is 0 Å². The van der Waals surface area contributed by atoms with Gasteiger partial charge in [0, 0.05) is 45.2 Å². The van der Waals surface area contributed by atoms with Crippen LogP contribution in [-0.4, -0.2) is 56.9 Å². The number of morpholine rings is 1. The van der Waals surface area contributed by atoms with Crippen molar-refractivity contribution in [3.05, 3.63) is 71.3 Å². The maximum atomic E-state index is 6.05. The largest absolute Gasteiger partial charge is 0.379 e. The molecule has 0 aromatic heterocycles. The summed E-state index contributed by atoms with van der Waals surface area (Å²) in [6.45, 7) is 9.86. The van der Waals surface area contributed by atoms with Crippen molar-refractivity contribution < 1.29 is 9.47 Å². The van der Waals surface area contributed by atoms with Gasteiger partial charge in [0.25, 0.3) is 0 Å². The summed E-state index contributed by atoms with van der Waals surface area (Å²) in [5, 5.41) is 6.97. The van der Waals surface area contributed by atoms with Crippen molar-refractivity contribution in [2.24, 2.45) is 10.9 Å². The van der Waals surface area contributed by atoms with Crippen LogP contribution in [0.2, 0.25) is 0 Å². The highest BCUT2D eigenvalue weighted by atomic mass is 16.5. The third-order valence-corrected chi connectivity index (χ3v) is 6.24. The first-order valence-electron chi connectivity index (χ1n) is 11.9. The van der Waals surface area contributed by atoms with Crippen molar-refractivity contribution in [3.63, 3.8) is 0 Å². The Hall–Kier alpha value is -2.41. The van der Waals surface area contributed by atoms with E-state index in [1.165, 1.54) is 16.7 Å². The van der Waals surface area contributed by atoms with Crippen LogP contribution in [0.1, 0.15) is 36.1 Å². The van der Waals surface area contributed by atoms with Gasteiger partial charge < -0.3 is 20.1 Å². The van der Waals surface area contributed by atoms with Gasteiger partial charge in [0.2, 0.25) is 0 Å². The lowest BCUT2D eigenvalue weighted by Crippen LogP contribution is -2.40. The predicted octanol–water partition coefficient (Wildman–Crippen LogP) is 3.35. The van der Waals surface area contributed by atoms with Crippen LogP contribution in [0.25, 0.3) is 0 Å². The Bertz CT molecular complexity index is 852. The molecule has 2 unspecified atom stereocenters. The van der Waals surface area contributed by atoms with Crippen molar-refractivity contribution in [1.82, 2.24) is 15.5 Å². The third-order valence-electron chi connectivity index (χ3n) is 6.24. The SMILES string of the molecule is CCNC(=NCc1ccccc1CN1CCOCC1)NCC1CCOC1c1ccccc1. The highest BCUT2D eigenvalue weighted by Crippen LogP contribution is 2.33. The Balaban J connectivity index is 1.37. The average Bonchev–Trinajstić information content (AvgIpc) is 3.32. The molecule has 0 aliphatic carbocycles. The van der Waals surface area contributed by atoms with E-state index >= 15 is 0 Å². The van der Waals surface area contributed by atoms with Crippen molar-refractivity contribution in [2.75, 3.05) is 46.0 Å². The number of ether oxygens (including phenoxy) is 2. The molecule has 0 spiro atoms. The summed E-state index contributed by atoms with van der Waals surface area (Å²) < 4.78 is 11.5. The fourth-order valence-corrected chi connectivity index (χ4v) is 4.45. The smallest absolute Gasteiger partial charge is 0.191 e. The van der Waals surface area contributed by atoms with Crippen LogP contribution in [0.15, 0.2) is 59.6 Å². The molecular formula is C26H36N4O2. The summed E-state index contributed by atoms with van der Waals surface area (Å²) in [5.41, 5.74) is 3.89. The molecule has 172 valence electrons. The summed E-state index contributed by atoms with van der Waals surface area (Å²) in [5.74, 6) is 1.31. The lowest BCUT2D eigenvalue weighted by molar-refractivity contribution is 0.0341. The van der Waals surface area contributed by atoms with Gasteiger partial charge in [-0.1, -0.05) is 54.6 Å². The lowest BCUT2D eigenvalue weighted by atomic mass is 9.95. The second kappa shape index (κ2) is 12.0. The molecular weight excluding hydrogens is 400 g/mol. The number of rotatable bonds is 8. The topological polar surface area (TPSA) is 58.1 Å². The monoisotopic (exact) mass is 436 g/mol. The lowest BCUT2D eigenvalue weighted by Gasteiger charge is -2.27. The zero-order chi connectivity index (χ0) is 22.0. The van der Waals surface area contributed by atoms with E-state index in [9.17, 15) is 0 Å². The highest BCUT2D eigenvalue weighted by molar-refractivity contribution is 5.79. The molecule has 2 aromatic rings. The fourth-order valence-electron chi connectivity index (χ4n) is 4.45. The number of nitrogens with one attached hydrogen (secondary N) is 2. The molecule has 2 atom stereocenters. The van der Waals surface area contributed by atoms with Crippen LogP contribution in [0.5, 0.6) is 0 Å². The number of benzene rings is 2.